The highest BCUT2D eigenvalue weighted by Gasteiger charge is 2.28. The number of rotatable bonds is 6. The third kappa shape index (κ3) is 4.01. The van der Waals surface area contributed by atoms with Gasteiger partial charge in [0, 0.05) is 18.0 Å². The van der Waals surface area contributed by atoms with Gasteiger partial charge < -0.3 is 10.5 Å². The molecule has 0 aliphatic heterocycles. The molecule has 1 atom stereocenters. The fraction of sp³-hybridized carbons (Fsp3) is 0.765. The smallest absolute Gasteiger partial charge is 0.157 e. The highest BCUT2D eigenvalue weighted by Crippen LogP contribution is 2.36. The molecule has 4 heteroatoms. The Balaban J connectivity index is 2.27. The van der Waals surface area contributed by atoms with E-state index in [1.54, 1.807) is 0 Å². The van der Waals surface area contributed by atoms with Crippen LogP contribution < -0.4 is 5.73 Å². The summed E-state index contributed by atoms with van der Waals surface area (Å²) in [6.07, 6.45) is 7.33. The molecule has 1 saturated carbocycles. The molecule has 1 unspecified atom stereocenters. The normalized spacial score (nSPS) is 17.9. The minimum Gasteiger partial charge on any atom is -0.370 e. The van der Waals surface area contributed by atoms with Crippen molar-refractivity contribution in [2.75, 3.05) is 13.2 Å². The fourth-order valence-electron chi connectivity index (χ4n) is 3.44. The summed E-state index contributed by atoms with van der Waals surface area (Å²) in [4.78, 5) is 9.51. The van der Waals surface area contributed by atoms with E-state index in [0.717, 1.165) is 23.6 Å². The zero-order valence-corrected chi connectivity index (χ0v) is 13.7. The topological polar surface area (TPSA) is 61.0 Å². The van der Waals surface area contributed by atoms with Crippen molar-refractivity contribution in [3.05, 3.63) is 22.8 Å². The highest BCUT2D eigenvalue weighted by molar-refractivity contribution is 5.25. The second kappa shape index (κ2) is 7.85. The van der Waals surface area contributed by atoms with Crippen LogP contribution >= 0.6 is 0 Å². The van der Waals surface area contributed by atoms with Crippen LogP contribution in [0.15, 0.2) is 0 Å². The van der Waals surface area contributed by atoms with Crippen molar-refractivity contribution in [2.24, 2.45) is 11.7 Å². The van der Waals surface area contributed by atoms with Crippen molar-refractivity contribution in [1.82, 2.24) is 9.97 Å². The SMILES string of the molecule is CCOC(c1nc(C)c(CCN)c(C)n1)C1CCCCC1. The van der Waals surface area contributed by atoms with E-state index in [1.807, 2.05) is 0 Å². The van der Waals surface area contributed by atoms with E-state index in [0.29, 0.717) is 19.1 Å². The maximum absolute atomic E-state index is 6.03. The molecular weight excluding hydrogens is 262 g/mol. The highest BCUT2D eigenvalue weighted by atomic mass is 16.5. The van der Waals surface area contributed by atoms with E-state index >= 15 is 0 Å². The van der Waals surface area contributed by atoms with Gasteiger partial charge in [-0.25, -0.2) is 9.97 Å². The maximum Gasteiger partial charge on any atom is 0.157 e. The molecule has 21 heavy (non-hydrogen) atoms. The fourth-order valence-corrected chi connectivity index (χ4v) is 3.44. The van der Waals surface area contributed by atoms with Gasteiger partial charge >= 0.3 is 0 Å². The van der Waals surface area contributed by atoms with E-state index in [1.165, 1.54) is 37.7 Å². The quantitative estimate of drug-likeness (QED) is 0.874. The van der Waals surface area contributed by atoms with E-state index in [-0.39, 0.29) is 6.10 Å². The van der Waals surface area contributed by atoms with Gasteiger partial charge in [0.05, 0.1) is 0 Å². The Morgan fingerprint density at radius 3 is 2.29 bits per heavy atom. The number of nitrogens with zero attached hydrogens (tertiary/aromatic N) is 2. The zero-order valence-electron chi connectivity index (χ0n) is 13.7. The van der Waals surface area contributed by atoms with Gasteiger partial charge in [0.2, 0.25) is 0 Å². The molecule has 1 heterocycles. The van der Waals surface area contributed by atoms with Crippen LogP contribution in [0, 0.1) is 19.8 Å². The average molecular weight is 291 g/mol. The van der Waals surface area contributed by atoms with E-state index in [9.17, 15) is 0 Å². The van der Waals surface area contributed by atoms with Crippen LogP contribution in [0.3, 0.4) is 0 Å². The average Bonchev–Trinajstić information content (AvgIpc) is 2.49. The molecule has 2 N–H and O–H groups in total. The molecule has 1 aliphatic rings. The van der Waals surface area contributed by atoms with E-state index < -0.39 is 0 Å². The van der Waals surface area contributed by atoms with Crippen LogP contribution in [0.5, 0.6) is 0 Å². The van der Waals surface area contributed by atoms with Gasteiger partial charge in [-0.15, -0.1) is 0 Å². The van der Waals surface area contributed by atoms with Crippen molar-refractivity contribution in [3.8, 4) is 0 Å². The van der Waals surface area contributed by atoms with Crippen molar-refractivity contribution in [1.29, 1.82) is 0 Å². The molecule has 0 saturated heterocycles. The van der Waals surface area contributed by atoms with Crippen LogP contribution in [-0.4, -0.2) is 23.1 Å². The van der Waals surface area contributed by atoms with Gasteiger partial charge in [-0.3, -0.25) is 0 Å². The molecule has 2 rings (SSSR count). The monoisotopic (exact) mass is 291 g/mol. The maximum atomic E-state index is 6.03. The van der Waals surface area contributed by atoms with Crippen molar-refractivity contribution in [3.63, 3.8) is 0 Å². The first kappa shape index (κ1) is 16.4. The lowest BCUT2D eigenvalue weighted by atomic mass is 9.84. The number of hydrogen-bond acceptors (Lipinski definition) is 4. The summed E-state index contributed by atoms with van der Waals surface area (Å²) < 4.78 is 6.03. The molecule has 0 spiro atoms. The summed E-state index contributed by atoms with van der Waals surface area (Å²) in [5.41, 5.74) is 8.99. The number of aromatic nitrogens is 2. The van der Waals surface area contributed by atoms with Crippen molar-refractivity contribution < 1.29 is 4.74 Å². The summed E-state index contributed by atoms with van der Waals surface area (Å²) in [6, 6.07) is 0. The Hall–Kier alpha value is -1.00. The Morgan fingerprint density at radius 1 is 1.14 bits per heavy atom. The summed E-state index contributed by atoms with van der Waals surface area (Å²) in [7, 11) is 0. The Morgan fingerprint density at radius 2 is 1.76 bits per heavy atom. The van der Waals surface area contributed by atoms with Gasteiger partial charge in [-0.2, -0.15) is 0 Å². The lowest BCUT2D eigenvalue weighted by Gasteiger charge is -2.29. The molecule has 1 aliphatic carbocycles. The first-order chi connectivity index (χ1) is 10.2. The lowest BCUT2D eigenvalue weighted by molar-refractivity contribution is -0.000419. The summed E-state index contributed by atoms with van der Waals surface area (Å²) >= 11 is 0. The predicted molar refractivity (Wildman–Crippen MR) is 85.2 cm³/mol. The third-order valence-electron chi connectivity index (χ3n) is 4.51. The van der Waals surface area contributed by atoms with Gasteiger partial charge in [0.15, 0.2) is 5.82 Å². The Bertz CT molecular complexity index is 432. The van der Waals surface area contributed by atoms with Gasteiger partial charge in [0.25, 0.3) is 0 Å². The van der Waals surface area contributed by atoms with E-state index in [4.69, 9.17) is 20.4 Å². The Kier molecular flexibility index (Phi) is 6.12. The molecule has 1 aromatic rings. The molecule has 1 fully saturated rings. The number of aryl methyl sites for hydroxylation is 2. The second-order valence-electron chi connectivity index (χ2n) is 6.04. The Labute approximate surface area is 128 Å². The van der Waals surface area contributed by atoms with Crippen LogP contribution in [-0.2, 0) is 11.2 Å². The molecule has 0 aromatic carbocycles. The van der Waals surface area contributed by atoms with Crippen LogP contribution in [0.25, 0.3) is 0 Å². The molecule has 118 valence electrons. The minimum atomic E-state index is 0.0552. The summed E-state index contributed by atoms with van der Waals surface area (Å²) in [6.45, 7) is 7.54. The number of hydrogen-bond donors (Lipinski definition) is 1. The minimum absolute atomic E-state index is 0.0552. The molecule has 4 nitrogen and oxygen atoms in total. The zero-order chi connectivity index (χ0) is 15.2. The van der Waals surface area contributed by atoms with Crippen LogP contribution in [0.2, 0.25) is 0 Å². The van der Waals surface area contributed by atoms with Crippen molar-refractivity contribution >= 4 is 0 Å². The number of nitrogens with two attached hydrogens (primary N) is 1. The first-order valence-corrected chi connectivity index (χ1v) is 8.33. The third-order valence-corrected chi connectivity index (χ3v) is 4.51. The largest absolute Gasteiger partial charge is 0.370 e. The summed E-state index contributed by atoms with van der Waals surface area (Å²) in [5, 5.41) is 0. The van der Waals surface area contributed by atoms with Gasteiger partial charge in [0.1, 0.15) is 6.10 Å². The molecule has 0 bridgehead atoms. The molecule has 0 radical (unpaired) electrons. The second-order valence-corrected chi connectivity index (χ2v) is 6.04. The van der Waals surface area contributed by atoms with E-state index in [2.05, 4.69) is 20.8 Å². The van der Waals surface area contributed by atoms with Crippen molar-refractivity contribution in [2.45, 2.75) is 65.4 Å². The molecule has 1 aromatic heterocycles. The number of ether oxygens (including phenoxy) is 1. The van der Waals surface area contributed by atoms with Gasteiger partial charge in [-0.1, -0.05) is 19.3 Å². The molecule has 0 amide bonds. The predicted octanol–water partition coefficient (Wildman–Crippen LogP) is 3.25. The van der Waals surface area contributed by atoms with Crippen LogP contribution in [0.4, 0.5) is 0 Å². The lowest BCUT2D eigenvalue weighted by Crippen LogP contribution is -2.22. The first-order valence-electron chi connectivity index (χ1n) is 8.33. The standard InChI is InChI=1S/C17H29N3O/c1-4-21-16(14-8-6-5-7-9-14)17-19-12(2)15(10-11-18)13(3)20-17/h14,16H,4-11,18H2,1-3H3. The molecular formula is C17H29N3O. The van der Waals surface area contributed by atoms with Gasteiger partial charge in [-0.05, 0) is 58.1 Å². The van der Waals surface area contributed by atoms with Crippen LogP contribution in [0.1, 0.15) is 67.9 Å². The summed E-state index contributed by atoms with van der Waals surface area (Å²) in [5.74, 6) is 1.44.